The molecule has 6 N–H and O–H groups in total. The monoisotopic (exact) mass is 638 g/mol. The lowest BCUT2D eigenvalue weighted by atomic mass is 9.98. The minimum atomic E-state index is -0.484. The maximum absolute atomic E-state index is 13.3. The van der Waals surface area contributed by atoms with Crippen LogP contribution < -0.4 is 15.5 Å². The van der Waals surface area contributed by atoms with E-state index in [1.165, 1.54) is 20.1 Å². The molecule has 46 heavy (non-hydrogen) atoms. The summed E-state index contributed by atoms with van der Waals surface area (Å²) in [4.78, 5) is 61.1. The van der Waals surface area contributed by atoms with Gasteiger partial charge in [0.25, 0.3) is 11.8 Å². The number of carbonyl (C=O) groups excluding carboxylic acids is 4. The van der Waals surface area contributed by atoms with Gasteiger partial charge in [-0.05, 0) is 60.2 Å². The van der Waals surface area contributed by atoms with Crippen molar-refractivity contribution >= 4 is 85.1 Å². The van der Waals surface area contributed by atoms with Gasteiger partial charge in [-0.1, -0.05) is 0 Å². The Morgan fingerprint density at radius 1 is 0.870 bits per heavy atom. The molecule has 3 aromatic carbocycles. The number of carbonyl (C=O) groups is 4. The highest BCUT2D eigenvalue weighted by Gasteiger charge is 2.34. The SMILES string of the molecule is COC(=O)c1cc2cc(NC(=O)c3cc4cc(NC(=O)c5cc6c7c(cc(O)c6[nH]5)N(C(C)=O)CC7CCl)ccc4[nH]3)ccc2[nH]1. The van der Waals surface area contributed by atoms with E-state index in [0.29, 0.717) is 56.8 Å². The summed E-state index contributed by atoms with van der Waals surface area (Å²) >= 11 is 6.23. The number of phenolic OH excluding ortho intramolecular Hbond substituents is 1. The smallest absolute Gasteiger partial charge is 0.354 e. The van der Waals surface area contributed by atoms with Crippen LogP contribution in [0.4, 0.5) is 17.1 Å². The van der Waals surface area contributed by atoms with E-state index in [9.17, 15) is 24.3 Å². The molecule has 232 valence electrons. The van der Waals surface area contributed by atoms with Crippen LogP contribution in [-0.2, 0) is 9.53 Å². The first-order valence-electron chi connectivity index (χ1n) is 14.3. The van der Waals surface area contributed by atoms with Gasteiger partial charge in [-0.15, -0.1) is 11.6 Å². The molecule has 0 bridgehead atoms. The van der Waals surface area contributed by atoms with Gasteiger partial charge in [0.05, 0.1) is 18.3 Å². The molecule has 1 atom stereocenters. The molecule has 1 aliphatic rings. The number of anilines is 3. The van der Waals surface area contributed by atoms with Crippen LogP contribution in [0, 0.1) is 0 Å². The number of fused-ring (bicyclic) bond motifs is 5. The number of rotatable bonds is 6. The highest BCUT2D eigenvalue weighted by atomic mass is 35.5. The van der Waals surface area contributed by atoms with E-state index in [4.69, 9.17) is 16.3 Å². The number of halogens is 1. The fourth-order valence-electron chi connectivity index (χ4n) is 6.06. The van der Waals surface area contributed by atoms with E-state index in [1.807, 2.05) is 0 Å². The molecule has 1 unspecified atom stereocenters. The summed E-state index contributed by atoms with van der Waals surface area (Å²) in [6, 6.07) is 17.0. The van der Waals surface area contributed by atoms with Crippen LogP contribution in [0.2, 0.25) is 0 Å². The summed E-state index contributed by atoms with van der Waals surface area (Å²) in [5.41, 5.74) is 5.10. The van der Waals surface area contributed by atoms with E-state index in [-0.39, 0.29) is 35.1 Å². The quantitative estimate of drug-likeness (QED) is 0.0991. The number of esters is 1. The van der Waals surface area contributed by atoms with Crippen LogP contribution in [0.3, 0.4) is 0 Å². The number of hydrogen-bond donors (Lipinski definition) is 6. The molecule has 0 saturated heterocycles. The Kier molecular flexibility index (Phi) is 6.93. The number of phenols is 1. The molecule has 0 fully saturated rings. The van der Waals surface area contributed by atoms with Crippen LogP contribution in [0.25, 0.3) is 32.7 Å². The molecule has 12 nitrogen and oxygen atoms in total. The highest BCUT2D eigenvalue weighted by Crippen LogP contribution is 2.45. The number of nitrogens with one attached hydrogen (secondary N) is 5. The fraction of sp³-hybridized carbons (Fsp3) is 0.152. The minimum Gasteiger partial charge on any atom is -0.506 e. The maximum Gasteiger partial charge on any atom is 0.354 e. The first-order chi connectivity index (χ1) is 22.1. The van der Waals surface area contributed by atoms with Crippen LogP contribution in [0.5, 0.6) is 5.75 Å². The molecule has 13 heteroatoms. The third-order valence-electron chi connectivity index (χ3n) is 8.23. The number of amides is 3. The Bertz CT molecular complexity index is 2250. The average Bonchev–Trinajstić information content (AvgIpc) is 3.83. The molecule has 6 aromatic rings. The molecular weight excluding hydrogens is 612 g/mol. The normalized spacial score (nSPS) is 14.2. The summed E-state index contributed by atoms with van der Waals surface area (Å²) in [5.74, 6) is -1.38. The number of H-pyrrole nitrogens is 3. The second-order valence-electron chi connectivity index (χ2n) is 11.2. The summed E-state index contributed by atoms with van der Waals surface area (Å²) in [5, 5.41) is 18.5. The lowest BCUT2D eigenvalue weighted by Crippen LogP contribution is -2.27. The van der Waals surface area contributed by atoms with Crippen LogP contribution in [0.15, 0.2) is 60.7 Å². The number of hydrogen-bond acceptors (Lipinski definition) is 6. The molecule has 0 radical (unpaired) electrons. The molecule has 0 saturated carbocycles. The zero-order chi connectivity index (χ0) is 32.3. The van der Waals surface area contributed by atoms with E-state index >= 15 is 0 Å². The molecule has 3 aromatic heterocycles. The topological polar surface area (TPSA) is 172 Å². The van der Waals surface area contributed by atoms with Crippen molar-refractivity contribution in [3.63, 3.8) is 0 Å². The Balaban J connectivity index is 1.10. The van der Waals surface area contributed by atoms with Gasteiger partial charge in [-0.25, -0.2) is 4.79 Å². The van der Waals surface area contributed by atoms with Gasteiger partial charge in [0.15, 0.2) is 0 Å². The second kappa shape index (κ2) is 11.0. The number of alkyl halides is 1. The van der Waals surface area contributed by atoms with E-state index in [0.717, 1.165) is 16.5 Å². The highest BCUT2D eigenvalue weighted by molar-refractivity contribution is 6.19. The van der Waals surface area contributed by atoms with Crippen LogP contribution in [-0.4, -0.2) is 63.3 Å². The second-order valence-corrected chi connectivity index (χ2v) is 11.5. The Morgan fingerprint density at radius 2 is 1.46 bits per heavy atom. The number of benzene rings is 3. The summed E-state index contributed by atoms with van der Waals surface area (Å²) in [7, 11) is 1.31. The predicted molar refractivity (Wildman–Crippen MR) is 175 cm³/mol. The Labute approximate surface area is 265 Å². The van der Waals surface area contributed by atoms with Crippen molar-refractivity contribution in [1.82, 2.24) is 15.0 Å². The zero-order valence-electron chi connectivity index (χ0n) is 24.6. The van der Waals surface area contributed by atoms with Crippen molar-refractivity contribution in [2.45, 2.75) is 12.8 Å². The van der Waals surface area contributed by atoms with Gasteiger partial charge in [0.1, 0.15) is 22.8 Å². The summed E-state index contributed by atoms with van der Waals surface area (Å²) in [6.07, 6.45) is 0. The van der Waals surface area contributed by atoms with Gasteiger partial charge in [0.2, 0.25) is 5.91 Å². The Hall–Kier alpha value is -5.75. The van der Waals surface area contributed by atoms with Gasteiger partial charge >= 0.3 is 5.97 Å². The molecule has 0 aliphatic carbocycles. The number of aromatic hydroxyl groups is 1. The average molecular weight is 639 g/mol. The first kappa shape index (κ1) is 29.0. The maximum atomic E-state index is 13.3. The van der Waals surface area contributed by atoms with E-state index in [2.05, 4.69) is 25.6 Å². The third kappa shape index (κ3) is 4.88. The number of aromatic nitrogens is 3. The van der Waals surface area contributed by atoms with Crippen molar-refractivity contribution in [3.8, 4) is 5.75 Å². The summed E-state index contributed by atoms with van der Waals surface area (Å²) < 4.78 is 4.75. The van der Waals surface area contributed by atoms with Crippen molar-refractivity contribution in [1.29, 1.82) is 0 Å². The van der Waals surface area contributed by atoms with E-state index in [1.54, 1.807) is 59.5 Å². The number of ether oxygens (including phenoxy) is 1. The molecule has 3 amide bonds. The number of nitrogens with zero attached hydrogens (tertiary/aromatic N) is 1. The molecule has 7 rings (SSSR count). The number of aromatic amines is 3. The van der Waals surface area contributed by atoms with E-state index < -0.39 is 11.9 Å². The van der Waals surface area contributed by atoms with Gasteiger partial charge < -0.3 is 40.3 Å². The molecule has 0 spiro atoms. The lowest BCUT2D eigenvalue weighted by molar-refractivity contribution is -0.116. The fourth-order valence-corrected chi connectivity index (χ4v) is 6.31. The van der Waals surface area contributed by atoms with Gasteiger partial charge in [-0.3, -0.25) is 14.4 Å². The van der Waals surface area contributed by atoms with Gasteiger partial charge in [0, 0.05) is 69.9 Å². The van der Waals surface area contributed by atoms with Crippen molar-refractivity contribution < 1.29 is 29.0 Å². The summed E-state index contributed by atoms with van der Waals surface area (Å²) in [6.45, 7) is 1.86. The largest absolute Gasteiger partial charge is 0.506 e. The first-order valence-corrected chi connectivity index (χ1v) is 14.9. The van der Waals surface area contributed by atoms with Crippen molar-refractivity contribution in [3.05, 3.63) is 83.3 Å². The zero-order valence-corrected chi connectivity index (χ0v) is 25.3. The van der Waals surface area contributed by atoms with Crippen LogP contribution in [0.1, 0.15) is 49.9 Å². The molecule has 4 heterocycles. The third-order valence-corrected chi connectivity index (χ3v) is 8.61. The predicted octanol–water partition coefficient (Wildman–Crippen LogP) is 5.82. The van der Waals surface area contributed by atoms with Gasteiger partial charge in [-0.2, -0.15) is 0 Å². The Morgan fingerprint density at radius 3 is 2.04 bits per heavy atom. The standard InChI is InChI=1S/C33H27ClN6O6/c1-15(41)40-14-18(13-34)29-21-11-25(39-30(21)28(42)12-27(29)40)32(44)36-19-3-5-22-16(7-19)9-24(37-22)31(43)35-20-4-6-23-17(8-20)10-26(38-23)33(45)46-2/h3-12,18,37-39,42H,13-14H2,1-2H3,(H,35,43)(H,36,44). The number of methoxy groups -OCH3 is 1. The molecule has 1 aliphatic heterocycles. The molecular formula is C33H27ClN6O6. The van der Waals surface area contributed by atoms with Crippen molar-refractivity contribution in [2.75, 3.05) is 35.1 Å². The van der Waals surface area contributed by atoms with Crippen LogP contribution >= 0.6 is 11.6 Å². The van der Waals surface area contributed by atoms with Crippen molar-refractivity contribution in [2.24, 2.45) is 0 Å². The lowest BCUT2D eigenvalue weighted by Gasteiger charge is -2.15. The minimum absolute atomic E-state index is 0.0761.